The summed E-state index contributed by atoms with van der Waals surface area (Å²) in [6, 6.07) is 12.4. The number of nitrogens with two attached hydrogens (primary N) is 1. The second-order valence-corrected chi connectivity index (χ2v) is 5.27. The lowest BCUT2D eigenvalue weighted by molar-refractivity contribution is 0.839. The average molecular weight is 286 g/mol. The van der Waals surface area contributed by atoms with Crippen LogP contribution in [0.4, 0.5) is 0 Å². The number of hydrogen-bond acceptors (Lipinski definition) is 2. The summed E-state index contributed by atoms with van der Waals surface area (Å²) in [4.78, 5) is 0. The molecule has 3 rings (SSSR count). The van der Waals surface area contributed by atoms with Gasteiger partial charge in [0.15, 0.2) is 0 Å². The van der Waals surface area contributed by atoms with E-state index in [0.29, 0.717) is 6.54 Å². The number of benzene rings is 2. The third-order valence-electron chi connectivity index (χ3n) is 3.64. The molecular weight excluding hydrogens is 270 g/mol. The molecule has 0 fully saturated rings. The van der Waals surface area contributed by atoms with Gasteiger partial charge in [0.25, 0.3) is 0 Å². The number of aryl methyl sites for hydroxylation is 1. The molecule has 2 N–H and O–H groups in total. The van der Waals surface area contributed by atoms with Crippen LogP contribution < -0.4 is 5.73 Å². The molecule has 0 bridgehead atoms. The van der Waals surface area contributed by atoms with Gasteiger partial charge >= 0.3 is 0 Å². The van der Waals surface area contributed by atoms with Gasteiger partial charge in [-0.1, -0.05) is 41.9 Å². The average Bonchev–Trinajstić information content (AvgIpc) is 2.73. The van der Waals surface area contributed by atoms with Crippen LogP contribution in [0.3, 0.4) is 0 Å². The van der Waals surface area contributed by atoms with Crippen molar-refractivity contribution in [2.75, 3.05) is 0 Å². The quantitative estimate of drug-likeness (QED) is 0.779. The molecule has 4 heteroatoms. The topological polar surface area (TPSA) is 43.8 Å². The summed E-state index contributed by atoms with van der Waals surface area (Å²) in [5, 5.41) is 7.56. The predicted molar refractivity (Wildman–Crippen MR) is 83.4 cm³/mol. The Bertz CT molecular complexity index is 790. The Morgan fingerprint density at radius 2 is 1.80 bits per heavy atom. The number of rotatable bonds is 2. The highest BCUT2D eigenvalue weighted by molar-refractivity contribution is 6.31. The first-order valence-electron chi connectivity index (χ1n) is 6.56. The maximum Gasteiger partial charge on any atom is 0.0848 e. The van der Waals surface area contributed by atoms with E-state index in [2.05, 4.69) is 29.4 Å². The summed E-state index contributed by atoms with van der Waals surface area (Å²) in [6.45, 7) is 4.43. The Balaban J connectivity index is 2.35. The van der Waals surface area contributed by atoms with Gasteiger partial charge in [-0.15, -0.1) is 0 Å². The zero-order valence-electron chi connectivity index (χ0n) is 11.5. The van der Waals surface area contributed by atoms with Crippen LogP contribution in [0.2, 0.25) is 5.02 Å². The van der Waals surface area contributed by atoms with Crippen LogP contribution in [0.1, 0.15) is 17.0 Å². The van der Waals surface area contributed by atoms with Gasteiger partial charge in [0.2, 0.25) is 0 Å². The van der Waals surface area contributed by atoms with E-state index in [0.717, 1.165) is 38.4 Å². The Morgan fingerprint density at radius 3 is 2.40 bits per heavy atom. The molecule has 1 heterocycles. The summed E-state index contributed by atoms with van der Waals surface area (Å²) in [7, 11) is 0. The minimum absolute atomic E-state index is 0.526. The van der Waals surface area contributed by atoms with Gasteiger partial charge in [-0.25, -0.2) is 4.68 Å². The van der Waals surface area contributed by atoms with Crippen molar-refractivity contribution in [2.24, 2.45) is 5.73 Å². The molecule has 102 valence electrons. The summed E-state index contributed by atoms with van der Waals surface area (Å²) < 4.78 is 1.90. The largest absolute Gasteiger partial charge is 0.326 e. The van der Waals surface area contributed by atoms with Crippen molar-refractivity contribution < 1.29 is 0 Å². The minimum Gasteiger partial charge on any atom is -0.326 e. The lowest BCUT2D eigenvalue weighted by atomic mass is 10.0. The highest BCUT2D eigenvalue weighted by atomic mass is 35.5. The van der Waals surface area contributed by atoms with E-state index in [1.54, 1.807) is 0 Å². The van der Waals surface area contributed by atoms with Crippen LogP contribution in [-0.4, -0.2) is 9.78 Å². The van der Waals surface area contributed by atoms with E-state index in [-0.39, 0.29) is 0 Å². The Morgan fingerprint density at radius 1 is 1.10 bits per heavy atom. The zero-order valence-corrected chi connectivity index (χ0v) is 12.3. The van der Waals surface area contributed by atoms with Gasteiger partial charge in [0.1, 0.15) is 0 Å². The monoisotopic (exact) mass is 285 g/mol. The molecule has 2 aromatic carbocycles. The van der Waals surface area contributed by atoms with Crippen molar-refractivity contribution >= 4 is 22.4 Å². The van der Waals surface area contributed by atoms with E-state index in [1.165, 1.54) is 0 Å². The van der Waals surface area contributed by atoms with Crippen molar-refractivity contribution in [2.45, 2.75) is 20.4 Å². The van der Waals surface area contributed by atoms with Gasteiger partial charge in [-0.2, -0.15) is 5.10 Å². The van der Waals surface area contributed by atoms with E-state index in [1.807, 2.05) is 30.7 Å². The maximum atomic E-state index is 6.25. The highest BCUT2D eigenvalue weighted by Crippen LogP contribution is 2.29. The van der Waals surface area contributed by atoms with Crippen molar-refractivity contribution in [3.05, 3.63) is 58.4 Å². The van der Waals surface area contributed by atoms with Crippen molar-refractivity contribution in [3.63, 3.8) is 0 Å². The van der Waals surface area contributed by atoms with Crippen LogP contribution in [0, 0.1) is 13.8 Å². The fourth-order valence-corrected chi connectivity index (χ4v) is 2.68. The van der Waals surface area contributed by atoms with Gasteiger partial charge in [-0.05, 0) is 30.9 Å². The predicted octanol–water partition coefficient (Wildman–Crippen LogP) is 3.75. The molecule has 0 saturated carbocycles. The van der Waals surface area contributed by atoms with Gasteiger partial charge in [0.05, 0.1) is 22.1 Å². The first-order chi connectivity index (χ1) is 9.63. The second kappa shape index (κ2) is 4.93. The number of fused-ring (bicyclic) bond motifs is 1. The van der Waals surface area contributed by atoms with E-state index in [4.69, 9.17) is 17.3 Å². The smallest absolute Gasteiger partial charge is 0.0848 e. The van der Waals surface area contributed by atoms with Crippen LogP contribution >= 0.6 is 11.6 Å². The summed E-state index contributed by atoms with van der Waals surface area (Å²) in [5.74, 6) is 0. The molecule has 0 unspecified atom stereocenters. The number of hydrogen-bond donors (Lipinski definition) is 1. The third-order valence-corrected chi connectivity index (χ3v) is 4.19. The molecule has 0 atom stereocenters. The zero-order chi connectivity index (χ0) is 14.3. The van der Waals surface area contributed by atoms with Crippen LogP contribution in [0.25, 0.3) is 16.5 Å². The molecule has 0 aliphatic carbocycles. The molecule has 0 spiro atoms. The molecule has 1 aromatic heterocycles. The van der Waals surface area contributed by atoms with Crippen LogP contribution in [-0.2, 0) is 6.54 Å². The summed E-state index contributed by atoms with van der Waals surface area (Å²) in [5.41, 5.74) is 9.79. The molecule has 20 heavy (non-hydrogen) atoms. The fraction of sp³-hybridized carbons (Fsp3) is 0.188. The summed E-state index contributed by atoms with van der Waals surface area (Å²) in [6.07, 6.45) is 0. The molecule has 0 radical (unpaired) electrons. The lowest BCUT2D eigenvalue weighted by Gasteiger charge is -2.11. The lowest BCUT2D eigenvalue weighted by Crippen LogP contribution is -2.03. The standard InChI is InChI=1S/C16H16ClN3/c1-10-16(17)11(2)20(19-10)15-8-7-12(9-18)13-5-3-4-6-14(13)15/h3-8H,9,18H2,1-2H3. The third kappa shape index (κ3) is 1.90. The SMILES string of the molecule is Cc1nn(-c2ccc(CN)c3ccccc23)c(C)c1Cl. The highest BCUT2D eigenvalue weighted by Gasteiger charge is 2.13. The maximum absolute atomic E-state index is 6.25. The summed E-state index contributed by atoms with van der Waals surface area (Å²) >= 11 is 6.25. The molecule has 0 saturated heterocycles. The van der Waals surface area contributed by atoms with E-state index in [9.17, 15) is 0 Å². The van der Waals surface area contributed by atoms with Gasteiger partial charge < -0.3 is 5.73 Å². The molecule has 0 aliphatic heterocycles. The first-order valence-corrected chi connectivity index (χ1v) is 6.94. The Labute approximate surface area is 123 Å². The van der Waals surface area contributed by atoms with Gasteiger partial charge in [-0.3, -0.25) is 0 Å². The molecule has 0 aliphatic rings. The minimum atomic E-state index is 0.526. The van der Waals surface area contributed by atoms with E-state index < -0.39 is 0 Å². The number of halogens is 1. The fourth-order valence-electron chi connectivity index (χ4n) is 2.57. The van der Waals surface area contributed by atoms with Crippen LogP contribution in [0.5, 0.6) is 0 Å². The molecular formula is C16H16ClN3. The van der Waals surface area contributed by atoms with Crippen molar-refractivity contribution in [3.8, 4) is 5.69 Å². The first kappa shape index (κ1) is 13.2. The Kier molecular flexibility index (Phi) is 3.24. The van der Waals surface area contributed by atoms with E-state index >= 15 is 0 Å². The molecule has 3 aromatic rings. The van der Waals surface area contributed by atoms with Gasteiger partial charge in [0, 0.05) is 11.9 Å². The molecule has 3 nitrogen and oxygen atoms in total. The van der Waals surface area contributed by atoms with Crippen molar-refractivity contribution in [1.82, 2.24) is 9.78 Å². The normalized spacial score (nSPS) is 11.2. The number of aromatic nitrogens is 2. The second-order valence-electron chi connectivity index (χ2n) is 4.89. The van der Waals surface area contributed by atoms with Crippen molar-refractivity contribution in [1.29, 1.82) is 0 Å². The van der Waals surface area contributed by atoms with Crippen LogP contribution in [0.15, 0.2) is 36.4 Å². The molecule has 0 amide bonds. The Hall–Kier alpha value is -1.84. The number of nitrogens with zero attached hydrogens (tertiary/aromatic N) is 2.